The molecule has 3 rings (SSSR count). The largest absolute Gasteiger partial charge is 0.463 e. The summed E-state index contributed by atoms with van der Waals surface area (Å²) in [6.07, 6.45) is -12.7. The molecule has 0 unspecified atom stereocenters. The van der Waals surface area contributed by atoms with Crippen LogP contribution in [0.2, 0.25) is 0 Å². The number of hydrogen-bond acceptors (Lipinski definition) is 21. The average Bonchev–Trinajstić information content (AvgIpc) is 3.06. The van der Waals surface area contributed by atoms with Crippen LogP contribution in [-0.2, 0) is 81.0 Å². The Bertz CT molecular complexity index is 1750. The van der Waals surface area contributed by atoms with E-state index < -0.39 is 168 Å². The highest BCUT2D eigenvalue weighted by molar-refractivity contribution is 6.03. The number of benzene rings is 1. The number of Topliss-reactive ketones (excluding diaryl/α,β-unsaturated/α-hetero) is 1. The summed E-state index contributed by atoms with van der Waals surface area (Å²) in [5.74, 6) is -11.0. The van der Waals surface area contributed by atoms with Crippen molar-refractivity contribution in [3.05, 3.63) is 16.7 Å². The van der Waals surface area contributed by atoms with Crippen molar-refractivity contribution < 1.29 is 100 Å². The summed E-state index contributed by atoms with van der Waals surface area (Å²) in [4.78, 5) is 126. The quantitative estimate of drug-likeness (QED) is 0.112. The minimum atomic E-state index is -1.59. The fourth-order valence-corrected chi connectivity index (χ4v) is 6.62. The molecule has 2 fully saturated rings. The molecule has 0 radical (unpaired) electrons. The number of ether oxygens (including phenoxy) is 11. The Kier molecular flexibility index (Phi) is 16.6. The standard InChI is InChI=1S/C38H46O21/c1-15(39)31-36(55-22(8)46)32(25-11-27(51-18(4)42)34(53-20(6)44)29(58-25)13-49-16(2)40)38(57-24(10)48)33(37(31)56-23(9)47)26-12-28(52-19(5)43)35(54-21(7)45)30(59-26)14-50-17(3)41/h25-30,34-35H,11-14H2,1-10H3/t25-,26-,27-,28-,29-,30-,34+,35+/m1/s1. The molecule has 0 spiro atoms. The Hall–Kier alpha value is -5.96. The van der Waals surface area contributed by atoms with Gasteiger partial charge in [-0.15, -0.1) is 0 Å². The zero-order valence-corrected chi connectivity index (χ0v) is 34.0. The summed E-state index contributed by atoms with van der Waals surface area (Å²) >= 11 is 0. The molecule has 8 atom stereocenters. The molecular formula is C38H46O21. The molecule has 324 valence electrons. The summed E-state index contributed by atoms with van der Waals surface area (Å²) in [6, 6.07) is 0. The van der Waals surface area contributed by atoms with E-state index in [-0.39, 0.29) is 0 Å². The second-order valence-corrected chi connectivity index (χ2v) is 13.4. The van der Waals surface area contributed by atoms with Crippen LogP contribution in [0.15, 0.2) is 0 Å². The maximum atomic E-state index is 13.8. The molecule has 2 aliphatic rings. The Labute approximate surface area is 337 Å². The zero-order chi connectivity index (χ0) is 44.5. The first-order chi connectivity index (χ1) is 27.5. The van der Waals surface area contributed by atoms with Gasteiger partial charge in [0.2, 0.25) is 0 Å². The van der Waals surface area contributed by atoms with Gasteiger partial charge >= 0.3 is 53.7 Å². The van der Waals surface area contributed by atoms with Crippen LogP contribution < -0.4 is 14.2 Å². The molecule has 0 amide bonds. The number of carbonyl (C=O) groups is 10. The van der Waals surface area contributed by atoms with E-state index in [4.69, 9.17) is 52.1 Å². The maximum absolute atomic E-state index is 13.8. The summed E-state index contributed by atoms with van der Waals surface area (Å²) in [6.45, 7) is 9.07. The minimum Gasteiger partial charge on any atom is -0.463 e. The third-order valence-electron chi connectivity index (χ3n) is 8.34. The molecule has 59 heavy (non-hydrogen) atoms. The number of hydrogen-bond donors (Lipinski definition) is 0. The topological polar surface area (TPSA) is 272 Å². The van der Waals surface area contributed by atoms with E-state index >= 15 is 0 Å². The summed E-state index contributed by atoms with van der Waals surface area (Å²) < 4.78 is 62.1. The summed E-state index contributed by atoms with van der Waals surface area (Å²) in [7, 11) is 0. The molecule has 21 nitrogen and oxygen atoms in total. The Morgan fingerprint density at radius 2 is 0.763 bits per heavy atom. The van der Waals surface area contributed by atoms with Crippen molar-refractivity contribution in [2.24, 2.45) is 0 Å². The van der Waals surface area contributed by atoms with E-state index in [0.29, 0.717) is 0 Å². The van der Waals surface area contributed by atoms with Gasteiger partial charge in [-0.25, -0.2) is 0 Å². The zero-order valence-electron chi connectivity index (χ0n) is 34.0. The lowest BCUT2D eigenvalue weighted by Crippen LogP contribution is -2.52. The van der Waals surface area contributed by atoms with E-state index in [2.05, 4.69) is 0 Å². The lowest BCUT2D eigenvalue weighted by atomic mass is 9.85. The Morgan fingerprint density at radius 3 is 1.03 bits per heavy atom. The lowest BCUT2D eigenvalue weighted by molar-refractivity contribution is -0.217. The highest BCUT2D eigenvalue weighted by Gasteiger charge is 2.50. The molecule has 0 N–H and O–H groups in total. The predicted molar refractivity (Wildman–Crippen MR) is 190 cm³/mol. The number of esters is 9. The minimum absolute atomic E-state index is 0.413. The van der Waals surface area contributed by atoms with Gasteiger partial charge in [-0.05, 0) is 6.92 Å². The fraction of sp³-hybridized carbons (Fsp3) is 0.579. The summed E-state index contributed by atoms with van der Waals surface area (Å²) in [5.41, 5.74) is -1.43. The van der Waals surface area contributed by atoms with E-state index in [0.717, 1.165) is 69.2 Å². The van der Waals surface area contributed by atoms with Gasteiger partial charge in [0, 0.05) is 75.2 Å². The van der Waals surface area contributed by atoms with Gasteiger partial charge in [0.25, 0.3) is 0 Å². The van der Waals surface area contributed by atoms with Crippen LogP contribution >= 0.6 is 0 Å². The highest BCUT2D eigenvalue weighted by Crippen LogP contribution is 2.55. The fourth-order valence-electron chi connectivity index (χ4n) is 6.62. The molecule has 0 aromatic heterocycles. The van der Waals surface area contributed by atoms with Crippen LogP contribution in [0.3, 0.4) is 0 Å². The van der Waals surface area contributed by atoms with Gasteiger partial charge in [0.15, 0.2) is 29.5 Å². The van der Waals surface area contributed by atoms with Crippen molar-refractivity contribution in [3.63, 3.8) is 0 Å². The SMILES string of the molecule is CC(=O)OC[C@H]1O[C@@H](c2c(OC(C)=O)c(C(C)=O)c(OC(C)=O)c([C@H]3C[C@@H](OC(C)=O)[C@H](OC(C)=O)[C@@H](COC(C)=O)O3)c2OC(C)=O)C[C@@H](OC(C)=O)[C@@H]1OC(C)=O. The molecular weight excluding hydrogens is 792 g/mol. The number of ketones is 1. The van der Waals surface area contributed by atoms with Crippen LogP contribution in [0.4, 0.5) is 0 Å². The second-order valence-electron chi connectivity index (χ2n) is 13.4. The van der Waals surface area contributed by atoms with Crippen molar-refractivity contribution in [1.29, 1.82) is 0 Å². The lowest BCUT2D eigenvalue weighted by Gasteiger charge is -2.42. The van der Waals surface area contributed by atoms with Crippen molar-refractivity contribution in [2.45, 2.75) is 131 Å². The number of carbonyl (C=O) groups excluding carboxylic acids is 10. The average molecular weight is 839 g/mol. The third-order valence-corrected chi connectivity index (χ3v) is 8.34. The molecule has 2 aliphatic heterocycles. The molecule has 21 heteroatoms. The van der Waals surface area contributed by atoms with Crippen LogP contribution in [0.1, 0.15) is 116 Å². The van der Waals surface area contributed by atoms with Crippen molar-refractivity contribution in [2.75, 3.05) is 13.2 Å². The first kappa shape index (κ1) is 47.4. The molecule has 1 aromatic rings. The summed E-state index contributed by atoms with van der Waals surface area (Å²) in [5, 5.41) is 0. The van der Waals surface area contributed by atoms with Crippen LogP contribution in [0.5, 0.6) is 17.2 Å². The third kappa shape index (κ3) is 13.0. The first-order valence-electron chi connectivity index (χ1n) is 18.1. The highest BCUT2D eigenvalue weighted by atomic mass is 16.6. The predicted octanol–water partition coefficient (Wildman–Crippen LogP) is 2.18. The van der Waals surface area contributed by atoms with Gasteiger partial charge in [-0.3, -0.25) is 47.9 Å². The Morgan fingerprint density at radius 1 is 0.441 bits per heavy atom. The van der Waals surface area contributed by atoms with Crippen molar-refractivity contribution in [3.8, 4) is 17.2 Å². The van der Waals surface area contributed by atoms with Crippen LogP contribution in [0.25, 0.3) is 0 Å². The van der Waals surface area contributed by atoms with Crippen LogP contribution in [0, 0.1) is 0 Å². The molecule has 1 aromatic carbocycles. The molecule has 2 heterocycles. The van der Waals surface area contributed by atoms with Crippen molar-refractivity contribution in [1.82, 2.24) is 0 Å². The van der Waals surface area contributed by atoms with Gasteiger partial charge in [-0.2, -0.15) is 0 Å². The molecule has 2 saturated heterocycles. The maximum Gasteiger partial charge on any atom is 0.308 e. The van der Waals surface area contributed by atoms with Crippen molar-refractivity contribution >= 4 is 59.5 Å². The first-order valence-corrected chi connectivity index (χ1v) is 18.1. The molecule has 0 saturated carbocycles. The second kappa shape index (κ2) is 20.6. The molecule has 0 aliphatic carbocycles. The van der Waals surface area contributed by atoms with E-state index in [1.54, 1.807) is 0 Å². The van der Waals surface area contributed by atoms with Gasteiger partial charge in [0.1, 0.15) is 48.9 Å². The van der Waals surface area contributed by atoms with E-state index in [1.165, 1.54) is 0 Å². The molecule has 0 bridgehead atoms. The van der Waals surface area contributed by atoms with Gasteiger partial charge in [0.05, 0.1) is 23.3 Å². The monoisotopic (exact) mass is 838 g/mol. The normalized spacial score (nSPS) is 23.6. The van der Waals surface area contributed by atoms with Gasteiger partial charge in [-0.1, -0.05) is 0 Å². The van der Waals surface area contributed by atoms with Gasteiger partial charge < -0.3 is 52.1 Å². The smallest absolute Gasteiger partial charge is 0.308 e. The number of rotatable bonds is 14. The van der Waals surface area contributed by atoms with E-state index in [1.807, 2.05) is 0 Å². The Balaban J connectivity index is 2.58. The van der Waals surface area contributed by atoms with E-state index in [9.17, 15) is 47.9 Å². The van der Waals surface area contributed by atoms with Crippen LogP contribution in [-0.4, -0.2) is 109 Å².